The summed E-state index contributed by atoms with van der Waals surface area (Å²) in [6, 6.07) is 15.8. The highest BCUT2D eigenvalue weighted by Crippen LogP contribution is 2.28. The molecule has 0 aliphatic carbocycles. The van der Waals surface area contributed by atoms with Crippen LogP contribution >= 0.6 is 11.6 Å². The van der Waals surface area contributed by atoms with Gasteiger partial charge in [0, 0.05) is 41.1 Å². The quantitative estimate of drug-likeness (QED) is 0.386. The maximum absolute atomic E-state index is 12.8. The second-order valence-corrected chi connectivity index (χ2v) is 9.33. The van der Waals surface area contributed by atoms with Crippen molar-refractivity contribution in [3.05, 3.63) is 83.2 Å². The zero-order valence-electron chi connectivity index (χ0n) is 20.6. The Balaban J connectivity index is 1.23. The summed E-state index contributed by atoms with van der Waals surface area (Å²) in [6.45, 7) is 6.04. The van der Waals surface area contributed by atoms with E-state index in [0.29, 0.717) is 40.5 Å². The summed E-state index contributed by atoms with van der Waals surface area (Å²) in [4.78, 5) is 40.1. The third kappa shape index (κ3) is 5.31. The third-order valence-corrected chi connectivity index (χ3v) is 6.53. The predicted octanol–water partition coefficient (Wildman–Crippen LogP) is 5.02. The second kappa shape index (κ2) is 10.0. The van der Waals surface area contributed by atoms with Gasteiger partial charge in [0.1, 0.15) is 23.7 Å². The molecule has 10 heteroatoms. The van der Waals surface area contributed by atoms with Crippen LogP contribution in [0.4, 0.5) is 11.4 Å². The molecule has 1 aliphatic rings. The van der Waals surface area contributed by atoms with Crippen molar-refractivity contribution in [1.82, 2.24) is 19.5 Å². The molecule has 5 rings (SSSR count). The standard InChI is InChI=1S/C27H25ClN6O3/c1-16-17(2)34(15-29-16)24-13-25(31-18(3)30-24)37-23-10-6-21(7-11-23)32-27(36)19-12-26(35)33(14-19)22-8-4-20(28)5-9-22/h4-11,13,15,19H,12,14H2,1-3H3,(H,32,36). The van der Waals surface area contributed by atoms with Crippen LogP contribution in [0.1, 0.15) is 23.6 Å². The number of rotatable bonds is 6. The molecule has 1 unspecified atom stereocenters. The molecule has 1 atom stereocenters. The summed E-state index contributed by atoms with van der Waals surface area (Å²) in [5.41, 5.74) is 3.26. The first kappa shape index (κ1) is 24.5. The molecule has 0 radical (unpaired) electrons. The van der Waals surface area contributed by atoms with Crippen molar-refractivity contribution in [2.75, 3.05) is 16.8 Å². The molecule has 9 nitrogen and oxygen atoms in total. The lowest BCUT2D eigenvalue weighted by Gasteiger charge is -2.17. The number of aryl methyl sites for hydroxylation is 2. The average molecular weight is 517 g/mol. The van der Waals surface area contributed by atoms with Crippen LogP contribution in [0.3, 0.4) is 0 Å². The lowest BCUT2D eigenvalue weighted by molar-refractivity contribution is -0.122. The fourth-order valence-corrected chi connectivity index (χ4v) is 4.28. The van der Waals surface area contributed by atoms with E-state index < -0.39 is 5.92 Å². The Kier molecular flexibility index (Phi) is 6.62. The minimum absolute atomic E-state index is 0.0909. The summed E-state index contributed by atoms with van der Waals surface area (Å²) in [7, 11) is 0. The fraction of sp³-hybridized carbons (Fsp3) is 0.222. The number of amides is 2. The maximum atomic E-state index is 12.8. The van der Waals surface area contributed by atoms with E-state index in [1.54, 1.807) is 72.7 Å². The van der Waals surface area contributed by atoms with Gasteiger partial charge in [-0.15, -0.1) is 0 Å². The van der Waals surface area contributed by atoms with Gasteiger partial charge in [-0.3, -0.25) is 14.2 Å². The first-order chi connectivity index (χ1) is 17.8. The number of imidazole rings is 1. The van der Waals surface area contributed by atoms with Crippen molar-refractivity contribution in [2.45, 2.75) is 27.2 Å². The van der Waals surface area contributed by atoms with Crippen LogP contribution in [0.25, 0.3) is 5.82 Å². The van der Waals surface area contributed by atoms with Crippen molar-refractivity contribution < 1.29 is 14.3 Å². The van der Waals surface area contributed by atoms with E-state index in [9.17, 15) is 9.59 Å². The molecule has 1 fully saturated rings. The smallest absolute Gasteiger partial charge is 0.229 e. The minimum atomic E-state index is -0.447. The first-order valence-corrected chi connectivity index (χ1v) is 12.2. The molecule has 1 N–H and O–H groups in total. The average Bonchev–Trinajstić information content (AvgIpc) is 3.42. The molecule has 37 heavy (non-hydrogen) atoms. The van der Waals surface area contributed by atoms with Gasteiger partial charge >= 0.3 is 0 Å². The second-order valence-electron chi connectivity index (χ2n) is 8.89. The number of aromatic nitrogens is 4. The molecule has 1 aliphatic heterocycles. The number of hydrogen-bond acceptors (Lipinski definition) is 6. The van der Waals surface area contributed by atoms with E-state index in [1.165, 1.54) is 0 Å². The summed E-state index contributed by atoms with van der Waals surface area (Å²) >= 11 is 5.94. The number of nitrogens with one attached hydrogen (secondary N) is 1. The highest BCUT2D eigenvalue weighted by molar-refractivity contribution is 6.30. The van der Waals surface area contributed by atoms with Gasteiger partial charge in [-0.1, -0.05) is 11.6 Å². The van der Waals surface area contributed by atoms with E-state index in [1.807, 2.05) is 18.4 Å². The Bertz CT molecular complexity index is 1470. The zero-order chi connectivity index (χ0) is 26.1. The Morgan fingerprint density at radius 1 is 1.05 bits per heavy atom. The Morgan fingerprint density at radius 2 is 1.78 bits per heavy atom. The molecule has 188 valence electrons. The van der Waals surface area contributed by atoms with Crippen LogP contribution in [0.15, 0.2) is 60.9 Å². The molecular formula is C27H25ClN6O3. The van der Waals surface area contributed by atoms with Crippen molar-refractivity contribution >= 4 is 34.8 Å². The zero-order valence-corrected chi connectivity index (χ0v) is 21.4. The predicted molar refractivity (Wildman–Crippen MR) is 140 cm³/mol. The minimum Gasteiger partial charge on any atom is -0.439 e. The Morgan fingerprint density at radius 3 is 2.46 bits per heavy atom. The number of halogens is 1. The Hall–Kier alpha value is -4.24. The van der Waals surface area contributed by atoms with Crippen molar-refractivity contribution in [3.8, 4) is 17.4 Å². The van der Waals surface area contributed by atoms with Gasteiger partial charge in [-0.2, -0.15) is 4.98 Å². The summed E-state index contributed by atoms with van der Waals surface area (Å²) in [5.74, 6) is 1.45. The van der Waals surface area contributed by atoms with E-state index >= 15 is 0 Å². The van der Waals surface area contributed by atoms with Crippen LogP contribution in [0, 0.1) is 26.7 Å². The van der Waals surface area contributed by atoms with E-state index in [0.717, 1.165) is 17.1 Å². The van der Waals surface area contributed by atoms with Crippen LogP contribution in [-0.4, -0.2) is 37.9 Å². The fourth-order valence-electron chi connectivity index (χ4n) is 4.16. The van der Waals surface area contributed by atoms with Gasteiger partial charge in [0.15, 0.2) is 0 Å². The third-order valence-electron chi connectivity index (χ3n) is 6.28. The van der Waals surface area contributed by atoms with Gasteiger partial charge in [-0.05, 0) is 69.3 Å². The molecule has 2 aromatic carbocycles. The number of carbonyl (C=O) groups is 2. The highest BCUT2D eigenvalue weighted by Gasteiger charge is 2.35. The monoisotopic (exact) mass is 516 g/mol. The van der Waals surface area contributed by atoms with Gasteiger partial charge in [0.05, 0.1) is 11.6 Å². The molecule has 0 saturated carbocycles. The Labute approximate surface area is 219 Å². The molecule has 1 saturated heterocycles. The number of hydrogen-bond donors (Lipinski definition) is 1. The van der Waals surface area contributed by atoms with Gasteiger partial charge in [0.2, 0.25) is 17.7 Å². The van der Waals surface area contributed by atoms with Crippen LogP contribution in [0.5, 0.6) is 11.6 Å². The topological polar surface area (TPSA) is 102 Å². The highest BCUT2D eigenvalue weighted by atomic mass is 35.5. The van der Waals surface area contributed by atoms with Crippen molar-refractivity contribution in [2.24, 2.45) is 5.92 Å². The van der Waals surface area contributed by atoms with Gasteiger partial charge in [0.25, 0.3) is 0 Å². The maximum Gasteiger partial charge on any atom is 0.229 e. The lowest BCUT2D eigenvalue weighted by atomic mass is 10.1. The molecule has 2 amide bonds. The molecule has 0 bridgehead atoms. The normalized spacial score (nSPS) is 15.2. The van der Waals surface area contributed by atoms with Crippen LogP contribution in [0.2, 0.25) is 5.02 Å². The van der Waals surface area contributed by atoms with E-state index in [-0.39, 0.29) is 18.2 Å². The summed E-state index contributed by atoms with van der Waals surface area (Å²) < 4.78 is 7.84. The lowest BCUT2D eigenvalue weighted by Crippen LogP contribution is -2.28. The molecule has 4 aromatic rings. The van der Waals surface area contributed by atoms with E-state index in [2.05, 4.69) is 20.3 Å². The van der Waals surface area contributed by atoms with Crippen molar-refractivity contribution in [1.29, 1.82) is 0 Å². The molecule has 2 aromatic heterocycles. The first-order valence-electron chi connectivity index (χ1n) is 11.8. The molecule has 0 spiro atoms. The number of nitrogens with zero attached hydrogens (tertiary/aromatic N) is 5. The van der Waals surface area contributed by atoms with Crippen LogP contribution < -0.4 is 15.0 Å². The van der Waals surface area contributed by atoms with Gasteiger partial charge < -0.3 is 15.0 Å². The molecular weight excluding hydrogens is 492 g/mol. The molecule has 3 heterocycles. The number of ether oxygens (including phenoxy) is 1. The number of anilines is 2. The van der Waals surface area contributed by atoms with Crippen molar-refractivity contribution in [3.63, 3.8) is 0 Å². The number of benzene rings is 2. The van der Waals surface area contributed by atoms with E-state index in [4.69, 9.17) is 16.3 Å². The van der Waals surface area contributed by atoms with Gasteiger partial charge in [-0.25, -0.2) is 9.97 Å². The largest absolute Gasteiger partial charge is 0.439 e. The van der Waals surface area contributed by atoms with Crippen LogP contribution in [-0.2, 0) is 9.59 Å². The summed E-state index contributed by atoms with van der Waals surface area (Å²) in [5, 5.41) is 3.49. The summed E-state index contributed by atoms with van der Waals surface area (Å²) in [6.07, 6.45) is 1.88. The SMILES string of the molecule is Cc1nc(Oc2ccc(NC(=O)C3CC(=O)N(c4ccc(Cl)cc4)C3)cc2)cc(-n2cnc(C)c2C)n1. The number of carbonyl (C=O) groups excluding carboxylic acids is 2.